The van der Waals surface area contributed by atoms with Crippen molar-refractivity contribution < 1.29 is 24.2 Å². The average Bonchev–Trinajstić information content (AvgIpc) is 3.10. The molecule has 36 heavy (non-hydrogen) atoms. The number of hydrogen-bond donors (Lipinski definition) is 1. The van der Waals surface area contributed by atoms with Crippen LogP contribution in [-0.2, 0) is 16.1 Å². The van der Waals surface area contributed by atoms with Crippen molar-refractivity contribution >= 4 is 17.4 Å². The lowest BCUT2D eigenvalue weighted by molar-refractivity contribution is -0.140. The quantitative estimate of drug-likeness (QED) is 0.263. The Balaban J connectivity index is 1.85. The van der Waals surface area contributed by atoms with E-state index in [1.807, 2.05) is 94.4 Å². The van der Waals surface area contributed by atoms with Gasteiger partial charge < -0.3 is 19.5 Å². The molecule has 1 heterocycles. The fourth-order valence-corrected chi connectivity index (χ4v) is 4.49. The Bertz CT molecular complexity index is 1320. The summed E-state index contributed by atoms with van der Waals surface area (Å²) in [5.74, 6) is -0.185. The predicted molar refractivity (Wildman–Crippen MR) is 139 cm³/mol. The Hall–Kier alpha value is -4.06. The smallest absolute Gasteiger partial charge is 0.295 e. The van der Waals surface area contributed by atoms with E-state index in [0.717, 1.165) is 16.7 Å². The maximum atomic E-state index is 13.4. The molecule has 6 nitrogen and oxygen atoms in total. The van der Waals surface area contributed by atoms with Gasteiger partial charge in [0.05, 0.1) is 24.8 Å². The van der Waals surface area contributed by atoms with Crippen molar-refractivity contribution in [1.82, 2.24) is 4.90 Å². The Morgan fingerprint density at radius 3 is 2.36 bits per heavy atom. The Morgan fingerprint density at radius 2 is 1.69 bits per heavy atom. The van der Waals surface area contributed by atoms with Crippen LogP contribution in [0.2, 0.25) is 0 Å². The number of benzene rings is 3. The summed E-state index contributed by atoms with van der Waals surface area (Å²) in [4.78, 5) is 28.2. The minimum absolute atomic E-state index is 0.0128. The van der Waals surface area contributed by atoms with Crippen LogP contribution in [0.25, 0.3) is 5.76 Å². The van der Waals surface area contributed by atoms with Crippen molar-refractivity contribution in [1.29, 1.82) is 0 Å². The van der Waals surface area contributed by atoms with E-state index in [2.05, 4.69) is 0 Å². The van der Waals surface area contributed by atoms with Crippen LogP contribution < -0.4 is 9.47 Å². The van der Waals surface area contributed by atoms with E-state index in [9.17, 15) is 14.7 Å². The average molecular weight is 486 g/mol. The lowest BCUT2D eigenvalue weighted by Crippen LogP contribution is -2.29. The van der Waals surface area contributed by atoms with Gasteiger partial charge in [-0.25, -0.2) is 0 Å². The highest BCUT2D eigenvalue weighted by atomic mass is 16.5. The highest BCUT2D eigenvalue weighted by molar-refractivity contribution is 6.46. The molecule has 1 N–H and O–H groups in total. The second-order valence-corrected chi connectivity index (χ2v) is 9.33. The molecule has 0 bridgehead atoms. The van der Waals surface area contributed by atoms with E-state index < -0.39 is 17.7 Å². The van der Waals surface area contributed by atoms with Crippen molar-refractivity contribution in [2.24, 2.45) is 0 Å². The van der Waals surface area contributed by atoms with Crippen LogP contribution >= 0.6 is 0 Å². The van der Waals surface area contributed by atoms with Crippen LogP contribution in [0.5, 0.6) is 11.5 Å². The number of aliphatic hydroxyl groups excluding tert-OH is 1. The number of aliphatic hydroxyl groups is 1. The molecule has 1 amide bonds. The third kappa shape index (κ3) is 4.98. The molecule has 0 aromatic heterocycles. The lowest BCUT2D eigenvalue weighted by atomic mass is 9.93. The highest BCUT2D eigenvalue weighted by Gasteiger charge is 2.46. The van der Waals surface area contributed by atoms with Crippen molar-refractivity contribution in [2.45, 2.75) is 46.4 Å². The fourth-order valence-electron chi connectivity index (χ4n) is 4.49. The number of rotatable bonds is 7. The number of ether oxygens (including phenoxy) is 2. The van der Waals surface area contributed by atoms with E-state index in [-0.39, 0.29) is 24.0 Å². The van der Waals surface area contributed by atoms with Crippen LogP contribution in [0.15, 0.2) is 72.3 Å². The van der Waals surface area contributed by atoms with E-state index in [4.69, 9.17) is 9.47 Å². The molecule has 186 valence electrons. The number of likely N-dealkylation sites (tertiary alicyclic amines) is 1. The van der Waals surface area contributed by atoms with Crippen molar-refractivity contribution in [3.63, 3.8) is 0 Å². The summed E-state index contributed by atoms with van der Waals surface area (Å²) in [5, 5.41) is 11.4. The van der Waals surface area contributed by atoms with Gasteiger partial charge in [-0.3, -0.25) is 9.59 Å². The first kappa shape index (κ1) is 25.0. The summed E-state index contributed by atoms with van der Waals surface area (Å²) in [7, 11) is 1.58. The molecule has 0 saturated carbocycles. The summed E-state index contributed by atoms with van der Waals surface area (Å²) < 4.78 is 11.1. The summed E-state index contributed by atoms with van der Waals surface area (Å²) in [6.07, 6.45) is 0.0128. The molecule has 1 atom stereocenters. The number of carbonyl (C=O) groups excluding carboxylic acids is 2. The molecule has 0 aliphatic carbocycles. The van der Waals surface area contributed by atoms with Crippen LogP contribution in [0.4, 0.5) is 0 Å². The summed E-state index contributed by atoms with van der Waals surface area (Å²) >= 11 is 0. The molecule has 0 radical (unpaired) electrons. The number of Topliss-reactive ketones (excluding diaryl/α,β-unsaturated/α-hetero) is 1. The summed E-state index contributed by atoms with van der Waals surface area (Å²) in [6.45, 7) is 7.86. The second-order valence-electron chi connectivity index (χ2n) is 9.33. The van der Waals surface area contributed by atoms with Crippen LogP contribution in [0, 0.1) is 13.8 Å². The topological polar surface area (TPSA) is 76.1 Å². The number of hydrogen-bond acceptors (Lipinski definition) is 5. The van der Waals surface area contributed by atoms with Crippen molar-refractivity contribution in [3.8, 4) is 11.5 Å². The fraction of sp³-hybridized carbons (Fsp3) is 0.267. The lowest BCUT2D eigenvalue weighted by Gasteiger charge is -2.26. The largest absolute Gasteiger partial charge is 0.507 e. The van der Waals surface area contributed by atoms with Crippen molar-refractivity contribution in [3.05, 3.63) is 100 Å². The van der Waals surface area contributed by atoms with Crippen LogP contribution in [0.1, 0.15) is 47.7 Å². The van der Waals surface area contributed by atoms with Gasteiger partial charge in [-0.2, -0.15) is 0 Å². The maximum Gasteiger partial charge on any atom is 0.295 e. The number of methoxy groups -OCH3 is 1. The Morgan fingerprint density at radius 1 is 0.972 bits per heavy atom. The molecular weight excluding hydrogens is 454 g/mol. The van der Waals surface area contributed by atoms with Gasteiger partial charge in [0.25, 0.3) is 11.7 Å². The van der Waals surface area contributed by atoms with E-state index in [1.165, 1.54) is 4.90 Å². The third-order valence-electron chi connectivity index (χ3n) is 6.24. The number of nitrogens with zero attached hydrogens (tertiary/aromatic N) is 1. The molecule has 1 aliphatic heterocycles. The number of aryl methyl sites for hydroxylation is 2. The number of carbonyl (C=O) groups is 2. The SMILES string of the molecule is COc1cccc(CN2C(=O)C(=O)/C(=C(/O)c3cc(C)ccc3C)C2c2ccc(OC(C)C)cc2)c1. The molecule has 1 unspecified atom stereocenters. The normalized spacial score (nSPS) is 17.1. The zero-order valence-electron chi connectivity index (χ0n) is 21.2. The minimum atomic E-state index is -0.760. The van der Waals surface area contributed by atoms with E-state index in [1.54, 1.807) is 7.11 Å². The molecule has 4 rings (SSSR count). The van der Waals surface area contributed by atoms with Gasteiger partial charge in [-0.05, 0) is 74.7 Å². The molecule has 3 aromatic rings. The summed E-state index contributed by atoms with van der Waals surface area (Å²) in [5.41, 5.74) is 3.90. The predicted octanol–water partition coefficient (Wildman–Crippen LogP) is 5.72. The highest BCUT2D eigenvalue weighted by Crippen LogP contribution is 2.41. The van der Waals surface area contributed by atoms with Crippen LogP contribution in [0.3, 0.4) is 0 Å². The molecular formula is C30H31NO5. The summed E-state index contributed by atoms with van der Waals surface area (Å²) in [6, 6.07) is 19.6. The third-order valence-corrected chi connectivity index (χ3v) is 6.24. The van der Waals surface area contributed by atoms with Gasteiger partial charge in [0.15, 0.2) is 0 Å². The van der Waals surface area contributed by atoms with Crippen LogP contribution in [-0.4, -0.2) is 34.9 Å². The molecule has 6 heteroatoms. The van der Waals surface area contributed by atoms with Gasteiger partial charge >= 0.3 is 0 Å². The van der Waals surface area contributed by atoms with Gasteiger partial charge in [0.1, 0.15) is 17.3 Å². The maximum absolute atomic E-state index is 13.4. The van der Waals surface area contributed by atoms with Gasteiger partial charge in [0.2, 0.25) is 0 Å². The molecule has 1 fully saturated rings. The van der Waals surface area contributed by atoms with E-state index in [0.29, 0.717) is 22.6 Å². The first-order chi connectivity index (χ1) is 17.2. The Labute approximate surface area is 211 Å². The van der Waals surface area contributed by atoms with Crippen molar-refractivity contribution in [2.75, 3.05) is 7.11 Å². The Kier molecular flexibility index (Phi) is 7.15. The molecule has 0 spiro atoms. The standard InChI is InChI=1S/C30H31NO5/c1-18(2)36-23-13-11-22(12-14-23)27-26(28(32)25-15-19(3)9-10-20(25)4)29(33)30(34)31(27)17-21-7-6-8-24(16-21)35-5/h6-16,18,27,32H,17H2,1-5H3/b28-26+. The zero-order chi connectivity index (χ0) is 26.0. The first-order valence-corrected chi connectivity index (χ1v) is 11.9. The van der Waals surface area contributed by atoms with Gasteiger partial charge in [0, 0.05) is 12.1 Å². The number of amides is 1. The molecule has 1 saturated heterocycles. The number of ketones is 1. The molecule has 3 aromatic carbocycles. The second kappa shape index (κ2) is 10.3. The first-order valence-electron chi connectivity index (χ1n) is 11.9. The van der Waals surface area contributed by atoms with E-state index >= 15 is 0 Å². The zero-order valence-corrected chi connectivity index (χ0v) is 21.2. The molecule has 1 aliphatic rings. The van der Waals surface area contributed by atoms with Gasteiger partial charge in [-0.15, -0.1) is 0 Å². The minimum Gasteiger partial charge on any atom is -0.507 e. The van der Waals surface area contributed by atoms with Gasteiger partial charge in [-0.1, -0.05) is 42.0 Å². The monoisotopic (exact) mass is 485 g/mol.